The van der Waals surface area contributed by atoms with Gasteiger partial charge >= 0.3 is 0 Å². The number of nitrogens with zero attached hydrogens (tertiary/aromatic N) is 1. The minimum atomic E-state index is -1.12. The van der Waals surface area contributed by atoms with E-state index in [1.165, 1.54) is 7.11 Å². The second-order valence-corrected chi connectivity index (χ2v) is 7.29. The van der Waals surface area contributed by atoms with Gasteiger partial charge in [0.05, 0.1) is 7.11 Å². The van der Waals surface area contributed by atoms with Gasteiger partial charge < -0.3 is 29.5 Å². The van der Waals surface area contributed by atoms with Gasteiger partial charge in [-0.25, -0.2) is 0 Å². The molecule has 7 heteroatoms. The van der Waals surface area contributed by atoms with Crippen LogP contribution in [0.25, 0.3) is 0 Å². The minimum absolute atomic E-state index is 0.0221. The lowest BCUT2D eigenvalue weighted by atomic mass is 9.75. The normalized spacial score (nSPS) is 28.3. The Kier molecular flexibility index (Phi) is 3.40. The van der Waals surface area contributed by atoms with E-state index in [1.807, 2.05) is 11.9 Å². The van der Waals surface area contributed by atoms with Crippen LogP contribution in [0.5, 0.6) is 23.0 Å². The highest BCUT2D eigenvalue weighted by atomic mass is 16.7. The Hall–Kier alpha value is -2.48. The van der Waals surface area contributed by atoms with E-state index >= 15 is 0 Å². The molecule has 1 spiro atoms. The first-order chi connectivity index (χ1) is 13.0. The van der Waals surface area contributed by atoms with Gasteiger partial charge in [0.15, 0.2) is 23.0 Å². The number of methoxy groups -OCH3 is 1. The van der Waals surface area contributed by atoms with Crippen molar-refractivity contribution in [2.75, 3.05) is 27.5 Å². The number of hydrogen-bond acceptors (Lipinski definition) is 7. The van der Waals surface area contributed by atoms with Crippen LogP contribution in [0.1, 0.15) is 34.5 Å². The van der Waals surface area contributed by atoms with Gasteiger partial charge in [0.25, 0.3) is 0 Å². The zero-order chi connectivity index (χ0) is 18.9. The van der Waals surface area contributed by atoms with E-state index in [2.05, 4.69) is 0 Å². The van der Waals surface area contributed by atoms with Crippen LogP contribution in [0.4, 0.5) is 0 Å². The van der Waals surface area contributed by atoms with Crippen molar-refractivity contribution >= 4 is 0 Å². The van der Waals surface area contributed by atoms with Crippen molar-refractivity contribution in [3.63, 3.8) is 0 Å². The van der Waals surface area contributed by atoms with Crippen LogP contribution in [0, 0.1) is 0 Å². The van der Waals surface area contributed by atoms with E-state index < -0.39 is 17.7 Å². The SMILES string of the molecule is COc1cc2c(cc1O)C1(C(O)c3ccc4c(c3C1O)OCO4)N(C)CC2. The second-order valence-electron chi connectivity index (χ2n) is 7.29. The number of aliphatic hydroxyl groups is 2. The summed E-state index contributed by atoms with van der Waals surface area (Å²) in [5.41, 5.74) is 1.66. The molecule has 3 unspecified atom stereocenters. The van der Waals surface area contributed by atoms with E-state index in [0.717, 1.165) is 12.0 Å². The molecule has 2 aromatic rings. The Labute approximate surface area is 156 Å². The highest BCUT2D eigenvalue weighted by Crippen LogP contribution is 2.62. The van der Waals surface area contributed by atoms with Crippen LogP contribution in [0.2, 0.25) is 0 Å². The fourth-order valence-electron chi connectivity index (χ4n) is 4.88. The van der Waals surface area contributed by atoms with Crippen molar-refractivity contribution in [1.82, 2.24) is 4.90 Å². The summed E-state index contributed by atoms with van der Waals surface area (Å²) in [6.45, 7) is 0.731. The van der Waals surface area contributed by atoms with E-state index in [9.17, 15) is 15.3 Å². The van der Waals surface area contributed by atoms with Crippen molar-refractivity contribution in [3.05, 3.63) is 46.5 Å². The Morgan fingerprint density at radius 1 is 1.19 bits per heavy atom. The molecule has 3 N–H and O–H groups in total. The standard InChI is InChI=1S/C20H21NO6/c1-21-6-5-10-7-15(25-2)13(22)8-12(10)20(21)18(23)11-3-4-14-17(27-9-26-14)16(11)19(20)24/h3-4,7-8,18-19,22-24H,5-6,9H2,1-2H3. The number of rotatable bonds is 1. The molecule has 0 bridgehead atoms. The summed E-state index contributed by atoms with van der Waals surface area (Å²) in [4.78, 5) is 1.96. The monoisotopic (exact) mass is 371 g/mol. The Bertz CT molecular complexity index is 945. The quantitative estimate of drug-likeness (QED) is 0.701. The maximum Gasteiger partial charge on any atom is 0.231 e. The zero-order valence-corrected chi connectivity index (χ0v) is 15.1. The first kappa shape index (κ1) is 16.7. The van der Waals surface area contributed by atoms with Crippen molar-refractivity contribution in [1.29, 1.82) is 0 Å². The summed E-state index contributed by atoms with van der Waals surface area (Å²) in [7, 11) is 3.38. The number of aliphatic hydroxyl groups excluding tert-OH is 2. The summed E-state index contributed by atoms with van der Waals surface area (Å²) in [6.07, 6.45) is -1.32. The molecule has 0 amide bonds. The molecule has 3 aliphatic rings. The van der Waals surface area contributed by atoms with Gasteiger partial charge in [-0.2, -0.15) is 0 Å². The lowest BCUT2D eigenvalue weighted by Gasteiger charge is -2.48. The molecule has 2 heterocycles. The van der Waals surface area contributed by atoms with E-state index in [0.29, 0.717) is 40.5 Å². The molecule has 0 saturated carbocycles. The van der Waals surface area contributed by atoms with Crippen molar-refractivity contribution in [3.8, 4) is 23.0 Å². The average Bonchev–Trinajstić information content (AvgIpc) is 3.22. The fourth-order valence-corrected chi connectivity index (χ4v) is 4.88. The molecule has 7 nitrogen and oxygen atoms in total. The molecule has 27 heavy (non-hydrogen) atoms. The lowest BCUT2D eigenvalue weighted by molar-refractivity contribution is -0.0951. The lowest BCUT2D eigenvalue weighted by Crippen LogP contribution is -2.53. The van der Waals surface area contributed by atoms with E-state index in [-0.39, 0.29) is 12.5 Å². The number of ether oxygens (including phenoxy) is 3. The maximum absolute atomic E-state index is 11.5. The zero-order valence-electron chi connectivity index (χ0n) is 15.1. The second kappa shape index (κ2) is 5.51. The average molecular weight is 371 g/mol. The molecule has 0 fully saturated rings. The Balaban J connectivity index is 1.77. The van der Waals surface area contributed by atoms with Crippen LogP contribution in [0.15, 0.2) is 24.3 Å². The predicted molar refractivity (Wildman–Crippen MR) is 95.2 cm³/mol. The smallest absolute Gasteiger partial charge is 0.231 e. The summed E-state index contributed by atoms with van der Waals surface area (Å²) >= 11 is 0. The highest BCUT2D eigenvalue weighted by molar-refractivity contribution is 5.62. The molecular weight excluding hydrogens is 350 g/mol. The number of phenols is 1. The number of phenolic OH excluding ortho intramolecular Hbond substituents is 1. The van der Waals surface area contributed by atoms with Gasteiger partial charge in [0, 0.05) is 12.1 Å². The largest absolute Gasteiger partial charge is 0.504 e. The maximum atomic E-state index is 11.5. The van der Waals surface area contributed by atoms with E-state index in [4.69, 9.17) is 14.2 Å². The van der Waals surface area contributed by atoms with Crippen LogP contribution in [-0.2, 0) is 12.0 Å². The molecular formula is C20H21NO6. The number of hydrogen-bond donors (Lipinski definition) is 3. The van der Waals surface area contributed by atoms with Crippen molar-refractivity contribution < 1.29 is 29.5 Å². The third-order valence-electron chi connectivity index (χ3n) is 6.20. The third kappa shape index (κ3) is 1.91. The summed E-state index contributed by atoms with van der Waals surface area (Å²) in [6, 6.07) is 6.91. The summed E-state index contributed by atoms with van der Waals surface area (Å²) < 4.78 is 16.3. The van der Waals surface area contributed by atoms with Crippen LogP contribution in [0.3, 0.4) is 0 Å². The molecule has 0 saturated heterocycles. The van der Waals surface area contributed by atoms with Crippen LogP contribution < -0.4 is 14.2 Å². The Morgan fingerprint density at radius 3 is 2.78 bits per heavy atom. The van der Waals surface area contributed by atoms with Gasteiger partial charge in [0.2, 0.25) is 6.79 Å². The molecule has 0 radical (unpaired) electrons. The molecule has 0 aromatic heterocycles. The van der Waals surface area contributed by atoms with Gasteiger partial charge in [-0.05, 0) is 48.4 Å². The molecule has 3 atom stereocenters. The topological polar surface area (TPSA) is 91.6 Å². The molecule has 5 rings (SSSR count). The molecule has 2 aromatic carbocycles. The first-order valence-corrected chi connectivity index (χ1v) is 8.90. The van der Waals surface area contributed by atoms with E-state index in [1.54, 1.807) is 24.3 Å². The van der Waals surface area contributed by atoms with Crippen molar-refractivity contribution in [2.24, 2.45) is 0 Å². The first-order valence-electron chi connectivity index (χ1n) is 8.90. The third-order valence-corrected chi connectivity index (χ3v) is 6.20. The summed E-state index contributed by atoms with van der Waals surface area (Å²) in [5.74, 6) is 1.40. The predicted octanol–water partition coefficient (Wildman–Crippen LogP) is 1.59. The number of benzene rings is 2. The van der Waals surface area contributed by atoms with Crippen LogP contribution >= 0.6 is 0 Å². The molecule has 2 aliphatic heterocycles. The number of fused-ring (bicyclic) bond motifs is 5. The number of likely N-dealkylation sites (N-methyl/N-ethyl adjacent to an activating group) is 1. The molecule has 1 aliphatic carbocycles. The van der Waals surface area contributed by atoms with Gasteiger partial charge in [-0.15, -0.1) is 0 Å². The summed E-state index contributed by atoms with van der Waals surface area (Å²) in [5, 5.41) is 33.2. The molecule has 142 valence electrons. The minimum Gasteiger partial charge on any atom is -0.504 e. The highest BCUT2D eigenvalue weighted by Gasteiger charge is 2.60. The number of aromatic hydroxyl groups is 1. The fraction of sp³-hybridized carbons (Fsp3) is 0.400. The Morgan fingerprint density at radius 2 is 2.00 bits per heavy atom. The van der Waals surface area contributed by atoms with Gasteiger partial charge in [-0.3, -0.25) is 4.90 Å². The van der Waals surface area contributed by atoms with Gasteiger partial charge in [-0.1, -0.05) is 6.07 Å². The van der Waals surface area contributed by atoms with Crippen LogP contribution in [-0.4, -0.2) is 47.7 Å². The van der Waals surface area contributed by atoms with Crippen molar-refractivity contribution in [2.45, 2.75) is 24.2 Å². The van der Waals surface area contributed by atoms with Gasteiger partial charge in [0.1, 0.15) is 17.7 Å².